The van der Waals surface area contributed by atoms with E-state index < -0.39 is 0 Å². The molecule has 1 aromatic heterocycles. The van der Waals surface area contributed by atoms with E-state index in [1.807, 2.05) is 11.8 Å². The summed E-state index contributed by atoms with van der Waals surface area (Å²) in [5.41, 5.74) is 0.695. The largest absolute Gasteiger partial charge is 0.354 e. The number of anilines is 1. The predicted octanol–water partition coefficient (Wildman–Crippen LogP) is 3.20. The van der Waals surface area contributed by atoms with Crippen LogP contribution in [-0.2, 0) is 6.54 Å². The van der Waals surface area contributed by atoms with Crippen LogP contribution in [0.3, 0.4) is 0 Å². The van der Waals surface area contributed by atoms with Crippen molar-refractivity contribution >= 4 is 5.82 Å². The van der Waals surface area contributed by atoms with E-state index in [0.29, 0.717) is 23.8 Å². The molecule has 0 aliphatic carbocycles. The standard InChI is InChI=1S/C15H26FN3/c1-5-9-19(6-2)15-14(16)13(7-8-18-15)11-17-10-12(3)4/h7-8,12,17H,5-6,9-11H2,1-4H3. The zero-order valence-corrected chi connectivity index (χ0v) is 12.5. The fourth-order valence-corrected chi connectivity index (χ4v) is 2.01. The zero-order chi connectivity index (χ0) is 14.3. The minimum Gasteiger partial charge on any atom is -0.354 e. The van der Waals surface area contributed by atoms with Gasteiger partial charge in [0.15, 0.2) is 11.6 Å². The summed E-state index contributed by atoms with van der Waals surface area (Å²) < 4.78 is 14.4. The van der Waals surface area contributed by atoms with Crippen molar-refractivity contribution in [2.45, 2.75) is 40.7 Å². The van der Waals surface area contributed by atoms with Gasteiger partial charge in [0.25, 0.3) is 0 Å². The van der Waals surface area contributed by atoms with Gasteiger partial charge in [0.05, 0.1) is 0 Å². The molecule has 0 saturated carbocycles. The number of rotatable bonds is 8. The summed E-state index contributed by atoms with van der Waals surface area (Å²) in [4.78, 5) is 6.18. The molecule has 0 fully saturated rings. The van der Waals surface area contributed by atoms with Crippen molar-refractivity contribution in [1.82, 2.24) is 10.3 Å². The summed E-state index contributed by atoms with van der Waals surface area (Å²) in [6.45, 7) is 11.5. The SMILES string of the molecule is CCCN(CC)c1nccc(CNCC(C)C)c1F. The topological polar surface area (TPSA) is 28.2 Å². The summed E-state index contributed by atoms with van der Waals surface area (Å²) >= 11 is 0. The molecule has 0 amide bonds. The number of pyridine rings is 1. The van der Waals surface area contributed by atoms with E-state index in [0.717, 1.165) is 26.1 Å². The molecule has 0 unspecified atom stereocenters. The highest BCUT2D eigenvalue weighted by atomic mass is 19.1. The highest BCUT2D eigenvalue weighted by molar-refractivity contribution is 5.42. The van der Waals surface area contributed by atoms with Crippen LogP contribution in [0.2, 0.25) is 0 Å². The fourth-order valence-electron chi connectivity index (χ4n) is 2.01. The first-order valence-electron chi connectivity index (χ1n) is 7.19. The normalized spacial score (nSPS) is 11.1. The highest BCUT2D eigenvalue weighted by Crippen LogP contribution is 2.19. The van der Waals surface area contributed by atoms with Crippen molar-refractivity contribution in [3.05, 3.63) is 23.6 Å². The average molecular weight is 267 g/mol. The van der Waals surface area contributed by atoms with Gasteiger partial charge in [-0.2, -0.15) is 0 Å². The van der Waals surface area contributed by atoms with Crippen molar-refractivity contribution in [1.29, 1.82) is 0 Å². The first-order valence-corrected chi connectivity index (χ1v) is 7.19. The Morgan fingerprint density at radius 2 is 2.11 bits per heavy atom. The van der Waals surface area contributed by atoms with Crippen molar-refractivity contribution in [2.24, 2.45) is 5.92 Å². The molecule has 0 atom stereocenters. The van der Waals surface area contributed by atoms with Crippen LogP contribution in [-0.4, -0.2) is 24.6 Å². The lowest BCUT2D eigenvalue weighted by molar-refractivity contribution is 0.531. The first kappa shape index (κ1) is 15.9. The summed E-state index contributed by atoms with van der Waals surface area (Å²) in [6, 6.07) is 1.76. The number of nitrogens with one attached hydrogen (secondary N) is 1. The maximum Gasteiger partial charge on any atom is 0.170 e. The number of hydrogen-bond donors (Lipinski definition) is 1. The molecule has 1 N–H and O–H groups in total. The zero-order valence-electron chi connectivity index (χ0n) is 12.5. The van der Waals surface area contributed by atoms with Crippen molar-refractivity contribution < 1.29 is 4.39 Å². The van der Waals surface area contributed by atoms with Crippen LogP contribution in [0.5, 0.6) is 0 Å². The Labute approximate surface area is 116 Å². The van der Waals surface area contributed by atoms with Crippen LogP contribution in [0, 0.1) is 11.7 Å². The van der Waals surface area contributed by atoms with E-state index in [9.17, 15) is 4.39 Å². The molecule has 0 spiro atoms. The molecular weight excluding hydrogens is 241 g/mol. The number of nitrogens with zero attached hydrogens (tertiary/aromatic N) is 2. The Balaban J connectivity index is 2.79. The van der Waals surface area contributed by atoms with Gasteiger partial charge < -0.3 is 10.2 Å². The van der Waals surface area contributed by atoms with Crippen LogP contribution in [0.4, 0.5) is 10.2 Å². The molecular formula is C15H26FN3. The maximum atomic E-state index is 14.4. The number of aromatic nitrogens is 1. The minimum absolute atomic E-state index is 0.186. The average Bonchev–Trinajstić information content (AvgIpc) is 2.38. The molecule has 0 radical (unpaired) electrons. The Kier molecular flexibility index (Phi) is 6.78. The molecule has 0 aliphatic rings. The lowest BCUT2D eigenvalue weighted by atomic mass is 10.2. The van der Waals surface area contributed by atoms with Gasteiger partial charge in [-0.1, -0.05) is 20.8 Å². The third-order valence-corrected chi connectivity index (χ3v) is 2.99. The summed E-state index contributed by atoms with van der Waals surface area (Å²) in [5, 5.41) is 3.27. The van der Waals surface area contributed by atoms with Crippen LogP contribution in [0.1, 0.15) is 39.7 Å². The summed E-state index contributed by atoms with van der Waals surface area (Å²) in [7, 11) is 0. The van der Waals surface area contributed by atoms with Gasteiger partial charge in [-0.05, 0) is 31.9 Å². The second kappa shape index (κ2) is 8.10. The van der Waals surface area contributed by atoms with Crippen LogP contribution >= 0.6 is 0 Å². The van der Waals surface area contributed by atoms with E-state index in [2.05, 4.69) is 31.1 Å². The van der Waals surface area contributed by atoms with E-state index in [1.165, 1.54) is 0 Å². The Hall–Kier alpha value is -1.16. The molecule has 1 aromatic rings. The van der Waals surface area contributed by atoms with Gasteiger partial charge in [0, 0.05) is 31.4 Å². The van der Waals surface area contributed by atoms with Crippen LogP contribution in [0.15, 0.2) is 12.3 Å². The quantitative estimate of drug-likeness (QED) is 0.784. The Morgan fingerprint density at radius 3 is 2.68 bits per heavy atom. The summed E-state index contributed by atoms with van der Waals surface area (Å²) in [5.74, 6) is 0.860. The van der Waals surface area contributed by atoms with Gasteiger partial charge in [0.1, 0.15) is 0 Å². The van der Waals surface area contributed by atoms with Crippen LogP contribution in [0.25, 0.3) is 0 Å². The van der Waals surface area contributed by atoms with Gasteiger partial charge >= 0.3 is 0 Å². The predicted molar refractivity (Wildman–Crippen MR) is 78.9 cm³/mol. The van der Waals surface area contributed by atoms with E-state index >= 15 is 0 Å². The summed E-state index contributed by atoms with van der Waals surface area (Å²) in [6.07, 6.45) is 2.69. The van der Waals surface area contributed by atoms with Gasteiger partial charge in [0.2, 0.25) is 0 Å². The minimum atomic E-state index is -0.186. The first-order chi connectivity index (χ1) is 9.10. The molecule has 3 nitrogen and oxygen atoms in total. The van der Waals surface area contributed by atoms with E-state index in [-0.39, 0.29) is 5.82 Å². The van der Waals surface area contributed by atoms with Gasteiger partial charge in [-0.3, -0.25) is 0 Å². The molecule has 0 bridgehead atoms. The van der Waals surface area contributed by atoms with Crippen molar-refractivity contribution in [2.75, 3.05) is 24.5 Å². The van der Waals surface area contributed by atoms with Crippen molar-refractivity contribution in [3.63, 3.8) is 0 Å². The molecule has 1 heterocycles. The lowest BCUT2D eigenvalue weighted by Gasteiger charge is -2.22. The smallest absolute Gasteiger partial charge is 0.170 e. The van der Waals surface area contributed by atoms with Gasteiger partial charge in [-0.15, -0.1) is 0 Å². The molecule has 1 rings (SSSR count). The monoisotopic (exact) mass is 267 g/mol. The third kappa shape index (κ3) is 4.78. The molecule has 0 aromatic carbocycles. The molecule has 4 heteroatoms. The second-order valence-electron chi connectivity index (χ2n) is 5.21. The molecule has 19 heavy (non-hydrogen) atoms. The van der Waals surface area contributed by atoms with Crippen LogP contribution < -0.4 is 10.2 Å². The van der Waals surface area contributed by atoms with E-state index in [4.69, 9.17) is 0 Å². The molecule has 0 saturated heterocycles. The Morgan fingerprint density at radius 1 is 1.37 bits per heavy atom. The molecule has 108 valence electrons. The number of hydrogen-bond acceptors (Lipinski definition) is 3. The maximum absolute atomic E-state index is 14.4. The Bertz CT molecular complexity index is 380. The highest BCUT2D eigenvalue weighted by Gasteiger charge is 2.14. The third-order valence-electron chi connectivity index (χ3n) is 2.99. The number of halogens is 1. The van der Waals surface area contributed by atoms with E-state index in [1.54, 1.807) is 12.3 Å². The fraction of sp³-hybridized carbons (Fsp3) is 0.667. The van der Waals surface area contributed by atoms with Crippen molar-refractivity contribution in [3.8, 4) is 0 Å². The lowest BCUT2D eigenvalue weighted by Crippen LogP contribution is -2.26. The second-order valence-corrected chi connectivity index (χ2v) is 5.21. The molecule has 0 aliphatic heterocycles. The van der Waals surface area contributed by atoms with Gasteiger partial charge in [-0.25, -0.2) is 9.37 Å².